The average molecular weight is 368 g/mol. The largest absolute Gasteiger partial charge is 0.482 e. The Labute approximate surface area is 154 Å². The van der Waals surface area contributed by atoms with Crippen LogP contribution < -0.4 is 14.8 Å². The number of hydrogen-bond donors (Lipinski definition) is 1. The predicted octanol–water partition coefficient (Wildman–Crippen LogP) is 3.33. The monoisotopic (exact) mass is 368 g/mol. The lowest BCUT2D eigenvalue weighted by atomic mass is 10.1. The Bertz CT molecular complexity index is 972. The second-order valence-corrected chi connectivity index (χ2v) is 6.19. The van der Waals surface area contributed by atoms with Gasteiger partial charge in [0, 0.05) is 6.07 Å². The van der Waals surface area contributed by atoms with Gasteiger partial charge in [-0.15, -0.1) is 0 Å². The number of hydrogen-bond acceptors (Lipinski definition) is 5. The molecule has 0 aliphatic carbocycles. The van der Waals surface area contributed by atoms with Crippen molar-refractivity contribution in [3.63, 3.8) is 0 Å². The van der Waals surface area contributed by atoms with Crippen LogP contribution in [-0.4, -0.2) is 23.3 Å². The zero-order chi connectivity index (χ0) is 18.8. The smallest absolute Gasteiger partial charge is 0.265 e. The van der Waals surface area contributed by atoms with E-state index in [4.69, 9.17) is 14.0 Å². The van der Waals surface area contributed by atoms with Crippen LogP contribution in [0.2, 0.25) is 0 Å². The van der Waals surface area contributed by atoms with Crippen molar-refractivity contribution in [1.29, 1.82) is 0 Å². The number of nitrogens with one attached hydrogen (secondary N) is 1. The third-order valence-corrected chi connectivity index (χ3v) is 4.24. The summed E-state index contributed by atoms with van der Waals surface area (Å²) in [7, 11) is 0. The Morgan fingerprint density at radius 1 is 1.11 bits per heavy atom. The fraction of sp³-hybridized carbons (Fsp3) is 0.200. The molecule has 27 heavy (non-hydrogen) atoms. The number of amides is 1. The minimum atomic E-state index is -0.780. The highest BCUT2D eigenvalue weighted by Crippen LogP contribution is 2.33. The quantitative estimate of drug-likeness (QED) is 0.765. The van der Waals surface area contributed by atoms with E-state index in [0.29, 0.717) is 28.5 Å². The van der Waals surface area contributed by atoms with Gasteiger partial charge in [0.2, 0.25) is 6.10 Å². The van der Waals surface area contributed by atoms with E-state index in [-0.39, 0.29) is 12.5 Å². The molecule has 1 aliphatic rings. The molecule has 0 radical (unpaired) electrons. The van der Waals surface area contributed by atoms with Crippen LogP contribution in [0.5, 0.6) is 11.5 Å². The van der Waals surface area contributed by atoms with E-state index in [2.05, 4.69) is 10.5 Å². The second kappa shape index (κ2) is 7.11. The van der Waals surface area contributed by atoms with E-state index in [1.165, 1.54) is 6.07 Å². The van der Waals surface area contributed by atoms with Gasteiger partial charge in [0.15, 0.2) is 17.3 Å². The van der Waals surface area contributed by atoms with Crippen LogP contribution in [0, 0.1) is 5.82 Å². The first-order valence-electron chi connectivity index (χ1n) is 8.52. The fourth-order valence-electron chi connectivity index (χ4n) is 2.87. The highest BCUT2D eigenvalue weighted by atomic mass is 19.1. The summed E-state index contributed by atoms with van der Waals surface area (Å²) in [6.07, 6.45) is -1.22. The molecule has 0 saturated carbocycles. The molecule has 1 aromatic heterocycles. The summed E-state index contributed by atoms with van der Waals surface area (Å²) in [5.41, 5.74) is 0.795. The van der Waals surface area contributed by atoms with Crippen LogP contribution >= 0.6 is 0 Å². The Hall–Kier alpha value is -3.35. The summed E-state index contributed by atoms with van der Waals surface area (Å²) in [4.78, 5) is 12.5. The SMILES string of the molecule is CC1Oc2ccccc2OC1C(=O)NCc1cc(-c2ccccc2F)on1. The van der Waals surface area contributed by atoms with Crippen LogP contribution in [0.15, 0.2) is 59.1 Å². The maximum Gasteiger partial charge on any atom is 0.265 e. The lowest BCUT2D eigenvalue weighted by molar-refractivity contribution is -0.133. The summed E-state index contributed by atoms with van der Waals surface area (Å²) in [6, 6.07) is 15.0. The van der Waals surface area contributed by atoms with Crippen LogP contribution in [0.3, 0.4) is 0 Å². The number of carbonyl (C=O) groups excluding carboxylic acids is 1. The molecule has 0 spiro atoms. The molecule has 7 heteroatoms. The van der Waals surface area contributed by atoms with Gasteiger partial charge in [0.1, 0.15) is 17.6 Å². The van der Waals surface area contributed by atoms with Crippen molar-refractivity contribution in [1.82, 2.24) is 10.5 Å². The summed E-state index contributed by atoms with van der Waals surface area (Å²) < 4.78 is 30.5. The lowest BCUT2D eigenvalue weighted by Gasteiger charge is -2.30. The first-order valence-corrected chi connectivity index (χ1v) is 8.52. The number of nitrogens with zero attached hydrogens (tertiary/aromatic N) is 1. The Balaban J connectivity index is 1.41. The number of carbonyl (C=O) groups is 1. The minimum absolute atomic E-state index is 0.130. The topological polar surface area (TPSA) is 73.6 Å². The zero-order valence-electron chi connectivity index (χ0n) is 14.5. The maximum atomic E-state index is 13.8. The van der Waals surface area contributed by atoms with E-state index < -0.39 is 18.0 Å². The predicted molar refractivity (Wildman–Crippen MR) is 94.7 cm³/mol. The van der Waals surface area contributed by atoms with E-state index >= 15 is 0 Å². The molecule has 6 nitrogen and oxygen atoms in total. The molecule has 1 aliphatic heterocycles. The highest BCUT2D eigenvalue weighted by Gasteiger charge is 2.33. The molecule has 2 heterocycles. The molecule has 138 valence electrons. The zero-order valence-corrected chi connectivity index (χ0v) is 14.5. The maximum absolute atomic E-state index is 13.8. The van der Waals surface area contributed by atoms with Gasteiger partial charge in [0.25, 0.3) is 5.91 Å². The van der Waals surface area contributed by atoms with Crippen LogP contribution in [-0.2, 0) is 11.3 Å². The summed E-state index contributed by atoms with van der Waals surface area (Å²) in [6.45, 7) is 1.90. The number of para-hydroxylation sites is 2. The normalized spacial score (nSPS) is 18.1. The number of rotatable bonds is 4. The first-order chi connectivity index (χ1) is 13.1. The molecule has 4 rings (SSSR count). The Kier molecular flexibility index (Phi) is 4.50. The van der Waals surface area contributed by atoms with Gasteiger partial charge in [-0.3, -0.25) is 4.79 Å². The molecule has 2 aromatic carbocycles. The second-order valence-electron chi connectivity index (χ2n) is 6.19. The number of benzene rings is 2. The number of ether oxygens (including phenoxy) is 2. The summed E-state index contributed by atoms with van der Waals surface area (Å²) in [5, 5.41) is 6.63. The summed E-state index contributed by atoms with van der Waals surface area (Å²) in [5.74, 6) is 0.716. The first kappa shape index (κ1) is 17.1. The van der Waals surface area contributed by atoms with E-state index in [9.17, 15) is 9.18 Å². The van der Waals surface area contributed by atoms with Crippen molar-refractivity contribution in [3.05, 3.63) is 66.1 Å². The van der Waals surface area contributed by atoms with E-state index in [1.807, 2.05) is 12.1 Å². The van der Waals surface area contributed by atoms with E-state index in [1.54, 1.807) is 43.3 Å². The van der Waals surface area contributed by atoms with Gasteiger partial charge < -0.3 is 19.3 Å². The standard InChI is InChI=1S/C20H17FN2O4/c1-12-19(26-17-9-5-4-8-16(17)25-12)20(24)22-11-13-10-18(27-23-13)14-6-2-3-7-15(14)21/h2-10,12,19H,11H2,1H3,(H,22,24). The van der Waals surface area contributed by atoms with Crippen LogP contribution in [0.25, 0.3) is 11.3 Å². The minimum Gasteiger partial charge on any atom is -0.482 e. The molecular weight excluding hydrogens is 351 g/mol. The molecule has 0 saturated heterocycles. The van der Waals surface area contributed by atoms with Gasteiger partial charge in [-0.25, -0.2) is 4.39 Å². The Morgan fingerprint density at radius 3 is 2.59 bits per heavy atom. The van der Waals surface area contributed by atoms with Gasteiger partial charge in [-0.2, -0.15) is 0 Å². The molecular formula is C20H17FN2O4. The molecule has 1 amide bonds. The van der Waals surface area contributed by atoms with Gasteiger partial charge in [-0.05, 0) is 31.2 Å². The lowest BCUT2D eigenvalue weighted by Crippen LogP contribution is -2.48. The van der Waals surface area contributed by atoms with Crippen LogP contribution in [0.4, 0.5) is 4.39 Å². The third kappa shape index (κ3) is 3.48. The van der Waals surface area contributed by atoms with Gasteiger partial charge in [0.05, 0.1) is 12.1 Å². The molecule has 0 fully saturated rings. The molecule has 2 atom stereocenters. The molecule has 1 N–H and O–H groups in total. The van der Waals surface area contributed by atoms with Crippen molar-refractivity contribution in [2.75, 3.05) is 0 Å². The molecule has 0 bridgehead atoms. The van der Waals surface area contributed by atoms with Crippen molar-refractivity contribution < 1.29 is 23.2 Å². The summed E-state index contributed by atoms with van der Waals surface area (Å²) >= 11 is 0. The average Bonchev–Trinajstić information content (AvgIpc) is 3.14. The van der Waals surface area contributed by atoms with Gasteiger partial charge in [-0.1, -0.05) is 29.4 Å². The Morgan fingerprint density at radius 2 is 1.81 bits per heavy atom. The van der Waals surface area contributed by atoms with Crippen molar-refractivity contribution in [2.24, 2.45) is 0 Å². The van der Waals surface area contributed by atoms with E-state index in [0.717, 1.165) is 0 Å². The number of halogens is 1. The van der Waals surface area contributed by atoms with Crippen molar-refractivity contribution in [2.45, 2.75) is 25.7 Å². The number of aromatic nitrogens is 1. The highest BCUT2D eigenvalue weighted by molar-refractivity contribution is 5.82. The van der Waals surface area contributed by atoms with Crippen LogP contribution in [0.1, 0.15) is 12.6 Å². The number of fused-ring (bicyclic) bond motifs is 1. The van der Waals surface area contributed by atoms with Gasteiger partial charge >= 0.3 is 0 Å². The van der Waals surface area contributed by atoms with Crippen molar-refractivity contribution >= 4 is 5.91 Å². The van der Waals surface area contributed by atoms with Crippen molar-refractivity contribution in [3.8, 4) is 22.8 Å². The fourth-order valence-corrected chi connectivity index (χ4v) is 2.87. The third-order valence-electron chi connectivity index (χ3n) is 4.24. The molecule has 2 unspecified atom stereocenters. The molecule has 3 aromatic rings.